The molecule has 0 aliphatic carbocycles. The number of nitrogens with two attached hydrogens (primary N) is 2. The van der Waals surface area contributed by atoms with E-state index in [1.165, 1.54) is 0 Å². The van der Waals surface area contributed by atoms with Gasteiger partial charge in [-0.3, -0.25) is 0 Å². The van der Waals surface area contributed by atoms with E-state index < -0.39 is 0 Å². The summed E-state index contributed by atoms with van der Waals surface area (Å²) in [5.74, 6) is 0.524. The highest BCUT2D eigenvalue weighted by molar-refractivity contribution is 5.84. The fraction of sp³-hybridized carbons (Fsp3) is 0.182. The molecule has 0 aliphatic rings. The van der Waals surface area contributed by atoms with E-state index >= 15 is 0 Å². The molecule has 0 saturated carbocycles. The Hall–Kier alpha value is -1.61. The second-order valence-electron chi connectivity index (χ2n) is 3.44. The van der Waals surface area contributed by atoms with Crippen molar-refractivity contribution in [1.82, 2.24) is 4.98 Å². The SMILES string of the molecule is CC(N)c1cc(N)nc2ccccc12. The molecule has 14 heavy (non-hydrogen) atoms. The van der Waals surface area contributed by atoms with Crippen LogP contribution in [0.1, 0.15) is 18.5 Å². The minimum Gasteiger partial charge on any atom is -0.384 e. The summed E-state index contributed by atoms with van der Waals surface area (Å²) < 4.78 is 0. The van der Waals surface area contributed by atoms with Gasteiger partial charge >= 0.3 is 0 Å². The van der Waals surface area contributed by atoms with Crippen molar-refractivity contribution in [1.29, 1.82) is 0 Å². The van der Waals surface area contributed by atoms with E-state index in [1.807, 2.05) is 37.3 Å². The highest BCUT2D eigenvalue weighted by Crippen LogP contribution is 2.23. The van der Waals surface area contributed by atoms with Crippen LogP contribution in [0.4, 0.5) is 5.82 Å². The van der Waals surface area contributed by atoms with Crippen LogP contribution in [0.15, 0.2) is 30.3 Å². The number of aromatic nitrogens is 1. The van der Waals surface area contributed by atoms with Gasteiger partial charge in [-0.25, -0.2) is 4.98 Å². The van der Waals surface area contributed by atoms with E-state index in [1.54, 1.807) is 0 Å². The van der Waals surface area contributed by atoms with Crippen LogP contribution in [0, 0.1) is 0 Å². The minimum absolute atomic E-state index is 0.0230. The van der Waals surface area contributed by atoms with Crippen molar-refractivity contribution < 1.29 is 0 Å². The van der Waals surface area contributed by atoms with Crippen LogP contribution >= 0.6 is 0 Å². The maximum atomic E-state index is 5.87. The zero-order valence-electron chi connectivity index (χ0n) is 8.07. The second kappa shape index (κ2) is 3.27. The van der Waals surface area contributed by atoms with Crippen molar-refractivity contribution in [2.75, 3.05) is 5.73 Å². The summed E-state index contributed by atoms with van der Waals surface area (Å²) in [6.07, 6.45) is 0. The molecule has 1 heterocycles. The third-order valence-electron chi connectivity index (χ3n) is 2.26. The summed E-state index contributed by atoms with van der Waals surface area (Å²) >= 11 is 0. The Bertz CT molecular complexity index is 463. The Labute approximate surface area is 82.7 Å². The number of nitrogen functional groups attached to an aromatic ring is 1. The summed E-state index contributed by atoms with van der Waals surface area (Å²) in [4.78, 5) is 4.24. The van der Waals surface area contributed by atoms with Gasteiger partial charge in [0.2, 0.25) is 0 Å². The molecule has 0 aliphatic heterocycles. The number of anilines is 1. The zero-order valence-corrected chi connectivity index (χ0v) is 8.07. The number of rotatable bonds is 1. The Kier molecular flexibility index (Phi) is 2.09. The van der Waals surface area contributed by atoms with Gasteiger partial charge in [-0.1, -0.05) is 18.2 Å². The first-order chi connectivity index (χ1) is 6.68. The van der Waals surface area contributed by atoms with Gasteiger partial charge in [0.05, 0.1) is 5.52 Å². The van der Waals surface area contributed by atoms with Crippen LogP contribution in [0.25, 0.3) is 10.9 Å². The van der Waals surface area contributed by atoms with Gasteiger partial charge in [-0.2, -0.15) is 0 Å². The lowest BCUT2D eigenvalue weighted by Crippen LogP contribution is -2.07. The van der Waals surface area contributed by atoms with Gasteiger partial charge in [0.1, 0.15) is 5.82 Å². The van der Waals surface area contributed by atoms with Crippen molar-refractivity contribution in [2.45, 2.75) is 13.0 Å². The molecule has 0 amide bonds. The first kappa shape index (κ1) is 8.97. The van der Waals surface area contributed by atoms with Crippen LogP contribution < -0.4 is 11.5 Å². The van der Waals surface area contributed by atoms with Gasteiger partial charge in [-0.15, -0.1) is 0 Å². The van der Waals surface area contributed by atoms with Crippen molar-refractivity contribution in [3.8, 4) is 0 Å². The van der Waals surface area contributed by atoms with E-state index in [-0.39, 0.29) is 6.04 Å². The van der Waals surface area contributed by atoms with E-state index in [0.29, 0.717) is 5.82 Å². The summed E-state index contributed by atoms with van der Waals surface area (Å²) in [5.41, 5.74) is 13.5. The molecule has 0 spiro atoms. The van der Waals surface area contributed by atoms with E-state index in [0.717, 1.165) is 16.5 Å². The largest absolute Gasteiger partial charge is 0.384 e. The fourth-order valence-electron chi connectivity index (χ4n) is 1.60. The zero-order chi connectivity index (χ0) is 10.1. The molecule has 4 N–H and O–H groups in total. The molecule has 3 nitrogen and oxygen atoms in total. The van der Waals surface area contributed by atoms with Crippen LogP contribution in [0.3, 0.4) is 0 Å². The summed E-state index contributed by atoms with van der Waals surface area (Å²) in [6, 6.07) is 9.70. The lowest BCUT2D eigenvalue weighted by Gasteiger charge is -2.10. The predicted octanol–water partition coefficient (Wildman–Crippen LogP) is 1.84. The minimum atomic E-state index is -0.0230. The van der Waals surface area contributed by atoms with Gasteiger partial charge in [0.15, 0.2) is 0 Å². The normalized spacial score (nSPS) is 13.0. The van der Waals surface area contributed by atoms with Gasteiger partial charge in [0, 0.05) is 11.4 Å². The maximum absolute atomic E-state index is 5.87. The quantitative estimate of drug-likeness (QED) is 0.715. The molecule has 1 aromatic carbocycles. The molecule has 1 atom stereocenters. The van der Waals surface area contributed by atoms with Crippen LogP contribution in [-0.4, -0.2) is 4.98 Å². The number of hydrogen-bond acceptors (Lipinski definition) is 3. The molecule has 2 aromatic rings. The summed E-state index contributed by atoms with van der Waals surface area (Å²) in [6.45, 7) is 1.95. The Morgan fingerprint density at radius 3 is 2.71 bits per heavy atom. The average Bonchev–Trinajstić information content (AvgIpc) is 2.16. The van der Waals surface area contributed by atoms with Crippen LogP contribution in [0.2, 0.25) is 0 Å². The van der Waals surface area contributed by atoms with Crippen molar-refractivity contribution in [3.05, 3.63) is 35.9 Å². The van der Waals surface area contributed by atoms with Crippen molar-refractivity contribution in [3.63, 3.8) is 0 Å². The van der Waals surface area contributed by atoms with E-state index in [9.17, 15) is 0 Å². The van der Waals surface area contributed by atoms with Crippen LogP contribution in [0.5, 0.6) is 0 Å². The molecule has 1 aromatic heterocycles. The van der Waals surface area contributed by atoms with E-state index in [2.05, 4.69) is 4.98 Å². The highest BCUT2D eigenvalue weighted by atomic mass is 14.8. The second-order valence-corrected chi connectivity index (χ2v) is 3.44. The Morgan fingerprint density at radius 2 is 2.00 bits per heavy atom. The van der Waals surface area contributed by atoms with Crippen molar-refractivity contribution in [2.24, 2.45) is 5.73 Å². The molecule has 0 radical (unpaired) electrons. The lowest BCUT2D eigenvalue weighted by molar-refractivity contribution is 0.826. The van der Waals surface area contributed by atoms with E-state index in [4.69, 9.17) is 11.5 Å². The number of pyridine rings is 1. The maximum Gasteiger partial charge on any atom is 0.124 e. The molecule has 1 unspecified atom stereocenters. The number of benzene rings is 1. The van der Waals surface area contributed by atoms with Crippen molar-refractivity contribution >= 4 is 16.7 Å². The topological polar surface area (TPSA) is 64.9 Å². The first-order valence-corrected chi connectivity index (χ1v) is 4.59. The standard InChI is InChI=1S/C11H13N3/c1-7(12)9-6-11(13)14-10-5-3-2-4-8(9)10/h2-7H,12H2,1H3,(H2,13,14). The highest BCUT2D eigenvalue weighted by Gasteiger charge is 2.06. The molecule has 0 bridgehead atoms. The van der Waals surface area contributed by atoms with Crippen LogP contribution in [-0.2, 0) is 0 Å². The lowest BCUT2D eigenvalue weighted by atomic mass is 10.0. The molecule has 2 rings (SSSR count). The number of fused-ring (bicyclic) bond motifs is 1. The number of nitrogens with zero attached hydrogens (tertiary/aromatic N) is 1. The van der Waals surface area contributed by atoms with Gasteiger partial charge in [-0.05, 0) is 24.6 Å². The molecule has 3 heteroatoms. The molecule has 0 saturated heterocycles. The molecule has 72 valence electrons. The summed E-state index contributed by atoms with van der Waals surface area (Å²) in [5, 5.41) is 1.08. The average molecular weight is 187 g/mol. The third kappa shape index (κ3) is 1.42. The first-order valence-electron chi connectivity index (χ1n) is 4.59. The summed E-state index contributed by atoms with van der Waals surface area (Å²) in [7, 11) is 0. The Morgan fingerprint density at radius 1 is 1.29 bits per heavy atom. The third-order valence-corrected chi connectivity index (χ3v) is 2.26. The molecular formula is C11H13N3. The molecular weight excluding hydrogens is 174 g/mol. The van der Waals surface area contributed by atoms with Gasteiger partial charge in [0.25, 0.3) is 0 Å². The molecule has 0 fully saturated rings. The smallest absolute Gasteiger partial charge is 0.124 e. The van der Waals surface area contributed by atoms with Gasteiger partial charge < -0.3 is 11.5 Å². The number of hydrogen-bond donors (Lipinski definition) is 2. The Balaban J connectivity index is 2.80. The number of para-hydroxylation sites is 1. The fourth-order valence-corrected chi connectivity index (χ4v) is 1.60. The predicted molar refractivity (Wildman–Crippen MR) is 58.8 cm³/mol. The monoisotopic (exact) mass is 187 g/mol.